The van der Waals surface area contributed by atoms with Crippen molar-refractivity contribution in [3.05, 3.63) is 46.7 Å². The van der Waals surface area contributed by atoms with Crippen LogP contribution in [0.2, 0.25) is 0 Å². The summed E-state index contributed by atoms with van der Waals surface area (Å²) in [6.45, 7) is 1.56. The Bertz CT molecular complexity index is 675. The minimum Gasteiger partial charge on any atom is -0.324 e. The van der Waals surface area contributed by atoms with E-state index < -0.39 is 10.8 Å². The van der Waals surface area contributed by atoms with E-state index in [4.69, 9.17) is 0 Å². The molecule has 1 fully saturated rings. The van der Waals surface area contributed by atoms with Crippen molar-refractivity contribution in [1.82, 2.24) is 4.90 Å². The van der Waals surface area contributed by atoms with Crippen LogP contribution in [0.4, 0.5) is 10.5 Å². The van der Waals surface area contributed by atoms with Gasteiger partial charge in [-0.2, -0.15) is 11.3 Å². The van der Waals surface area contributed by atoms with Gasteiger partial charge >= 0.3 is 6.03 Å². The summed E-state index contributed by atoms with van der Waals surface area (Å²) in [4.78, 5) is 15.0. The number of hydrogen-bond acceptors (Lipinski definition) is 3. The molecule has 23 heavy (non-hydrogen) atoms. The molecule has 0 radical (unpaired) electrons. The van der Waals surface area contributed by atoms with Gasteiger partial charge < -0.3 is 10.2 Å². The first-order chi connectivity index (χ1) is 11.1. The largest absolute Gasteiger partial charge is 0.324 e. The minimum atomic E-state index is -0.995. The summed E-state index contributed by atoms with van der Waals surface area (Å²) in [5, 5.41) is 7.24. The number of hydrogen-bond donors (Lipinski definition) is 1. The average molecular weight is 348 g/mol. The highest BCUT2D eigenvalue weighted by Crippen LogP contribution is 2.29. The summed E-state index contributed by atoms with van der Waals surface area (Å²) in [7, 11) is -0.995. The molecule has 2 heterocycles. The normalized spacial score (nSPS) is 17.0. The maximum atomic E-state index is 12.3. The Kier molecular flexibility index (Phi) is 5.13. The van der Waals surface area contributed by atoms with E-state index in [1.165, 1.54) is 5.56 Å². The van der Waals surface area contributed by atoms with E-state index in [0.717, 1.165) is 36.5 Å². The van der Waals surface area contributed by atoms with E-state index in [-0.39, 0.29) is 6.03 Å². The number of benzene rings is 1. The van der Waals surface area contributed by atoms with Crippen molar-refractivity contribution >= 4 is 33.9 Å². The van der Waals surface area contributed by atoms with Crippen LogP contribution in [-0.2, 0) is 10.8 Å². The molecule has 1 atom stereocenters. The first-order valence-corrected chi connectivity index (χ1v) is 10.1. The lowest BCUT2D eigenvalue weighted by Gasteiger charge is -2.31. The summed E-state index contributed by atoms with van der Waals surface area (Å²) in [5.41, 5.74) is 2.14. The predicted molar refractivity (Wildman–Crippen MR) is 95.7 cm³/mol. The molecule has 6 heteroatoms. The molecule has 3 rings (SSSR count). The van der Waals surface area contributed by atoms with E-state index >= 15 is 0 Å². The number of amides is 2. The monoisotopic (exact) mass is 348 g/mol. The molecule has 0 unspecified atom stereocenters. The number of thiophene rings is 1. The van der Waals surface area contributed by atoms with Crippen molar-refractivity contribution in [1.29, 1.82) is 0 Å². The number of urea groups is 1. The molecule has 0 aliphatic carbocycles. The van der Waals surface area contributed by atoms with E-state index in [1.54, 1.807) is 41.9 Å². The summed E-state index contributed by atoms with van der Waals surface area (Å²) < 4.78 is 11.4. The fraction of sp³-hybridized carbons (Fsp3) is 0.353. The maximum Gasteiger partial charge on any atom is 0.321 e. The lowest BCUT2D eigenvalue weighted by atomic mass is 9.91. The SMILES string of the molecule is C[S@@](=O)c1ccc(NC(=O)N2CCC(c3ccsc3)CC2)cc1. The quantitative estimate of drug-likeness (QED) is 0.914. The number of likely N-dealkylation sites (tertiary alicyclic amines) is 1. The molecule has 4 nitrogen and oxygen atoms in total. The van der Waals surface area contributed by atoms with Crippen LogP contribution < -0.4 is 5.32 Å². The van der Waals surface area contributed by atoms with E-state index in [2.05, 4.69) is 22.1 Å². The third-order valence-electron chi connectivity index (χ3n) is 4.23. The van der Waals surface area contributed by atoms with Gasteiger partial charge in [0.05, 0.1) is 0 Å². The van der Waals surface area contributed by atoms with Crippen molar-refractivity contribution in [2.75, 3.05) is 24.7 Å². The van der Waals surface area contributed by atoms with Crippen molar-refractivity contribution in [2.45, 2.75) is 23.7 Å². The van der Waals surface area contributed by atoms with Crippen LogP contribution in [0.25, 0.3) is 0 Å². The molecule has 0 saturated carbocycles. The smallest absolute Gasteiger partial charge is 0.321 e. The van der Waals surface area contributed by atoms with Crippen LogP contribution in [0, 0.1) is 0 Å². The standard InChI is InChI=1S/C17H20N2O2S2/c1-23(21)16-4-2-15(3-5-16)18-17(20)19-9-6-13(7-10-19)14-8-11-22-12-14/h2-5,8,11-13H,6-7,9-10H2,1H3,(H,18,20)/t23-/m1/s1. The Morgan fingerprint density at radius 2 is 1.91 bits per heavy atom. The molecule has 1 aromatic carbocycles. The highest BCUT2D eigenvalue weighted by Gasteiger charge is 2.24. The summed E-state index contributed by atoms with van der Waals surface area (Å²) in [5.74, 6) is 0.573. The van der Waals surface area contributed by atoms with Crippen molar-refractivity contribution in [3.63, 3.8) is 0 Å². The highest BCUT2D eigenvalue weighted by molar-refractivity contribution is 7.84. The molecule has 0 spiro atoms. The van der Waals surface area contributed by atoms with Gasteiger partial charge in [-0.25, -0.2) is 4.79 Å². The zero-order valence-electron chi connectivity index (χ0n) is 13.0. The van der Waals surface area contributed by atoms with Crippen LogP contribution in [0.1, 0.15) is 24.3 Å². The van der Waals surface area contributed by atoms with Gasteiger partial charge in [-0.1, -0.05) is 0 Å². The third kappa shape index (κ3) is 4.00. The molecule has 1 N–H and O–H groups in total. The molecule has 1 saturated heterocycles. The lowest BCUT2D eigenvalue weighted by Crippen LogP contribution is -2.40. The second-order valence-electron chi connectivity index (χ2n) is 5.73. The Labute approximate surface area is 143 Å². The second-order valence-corrected chi connectivity index (χ2v) is 7.89. The molecular weight excluding hydrogens is 328 g/mol. The number of carbonyl (C=O) groups excluding carboxylic acids is 1. The molecule has 122 valence electrons. The molecular formula is C17H20N2O2S2. The summed E-state index contributed by atoms with van der Waals surface area (Å²) >= 11 is 1.73. The summed E-state index contributed by atoms with van der Waals surface area (Å²) in [6.07, 6.45) is 3.67. The Morgan fingerprint density at radius 1 is 1.22 bits per heavy atom. The number of rotatable bonds is 3. The van der Waals surface area contributed by atoms with E-state index in [1.807, 2.05) is 4.90 Å². The Hall–Kier alpha value is -1.66. The van der Waals surface area contributed by atoms with Gasteiger partial charge in [0, 0.05) is 40.7 Å². The van der Waals surface area contributed by atoms with Crippen molar-refractivity contribution < 1.29 is 9.00 Å². The van der Waals surface area contributed by atoms with Gasteiger partial charge in [0.25, 0.3) is 0 Å². The molecule has 1 aromatic heterocycles. The number of piperidine rings is 1. The van der Waals surface area contributed by atoms with Crippen molar-refractivity contribution in [2.24, 2.45) is 0 Å². The fourth-order valence-electron chi connectivity index (χ4n) is 2.86. The summed E-state index contributed by atoms with van der Waals surface area (Å²) in [6, 6.07) is 9.30. The predicted octanol–water partition coefficient (Wildman–Crippen LogP) is 3.90. The lowest BCUT2D eigenvalue weighted by molar-refractivity contribution is 0.194. The zero-order chi connectivity index (χ0) is 16.2. The highest BCUT2D eigenvalue weighted by atomic mass is 32.2. The molecule has 2 amide bonds. The van der Waals surface area contributed by atoms with Crippen LogP contribution in [0.3, 0.4) is 0 Å². The number of nitrogens with zero attached hydrogens (tertiary/aromatic N) is 1. The van der Waals surface area contributed by atoms with Gasteiger partial charge in [0.2, 0.25) is 0 Å². The van der Waals surface area contributed by atoms with E-state index in [9.17, 15) is 9.00 Å². The Balaban J connectivity index is 1.54. The van der Waals surface area contributed by atoms with Crippen LogP contribution in [-0.4, -0.2) is 34.5 Å². The van der Waals surface area contributed by atoms with Crippen LogP contribution in [0.5, 0.6) is 0 Å². The number of carbonyl (C=O) groups is 1. The number of anilines is 1. The van der Waals surface area contributed by atoms with Gasteiger partial charge in [-0.3, -0.25) is 4.21 Å². The van der Waals surface area contributed by atoms with Gasteiger partial charge in [0.15, 0.2) is 0 Å². The number of nitrogens with one attached hydrogen (secondary N) is 1. The van der Waals surface area contributed by atoms with Gasteiger partial charge in [0.1, 0.15) is 0 Å². The van der Waals surface area contributed by atoms with Crippen LogP contribution >= 0.6 is 11.3 Å². The van der Waals surface area contributed by atoms with Gasteiger partial charge in [-0.15, -0.1) is 0 Å². The first-order valence-electron chi connectivity index (χ1n) is 7.65. The van der Waals surface area contributed by atoms with Crippen molar-refractivity contribution in [3.8, 4) is 0 Å². The zero-order valence-corrected chi connectivity index (χ0v) is 14.7. The molecule has 0 bridgehead atoms. The molecule has 2 aromatic rings. The molecule has 1 aliphatic rings. The maximum absolute atomic E-state index is 12.3. The minimum absolute atomic E-state index is 0.0564. The van der Waals surface area contributed by atoms with Crippen LogP contribution in [0.15, 0.2) is 46.0 Å². The second kappa shape index (κ2) is 7.27. The average Bonchev–Trinajstić information content (AvgIpc) is 3.10. The first kappa shape index (κ1) is 16.2. The Morgan fingerprint density at radius 3 is 2.48 bits per heavy atom. The fourth-order valence-corrected chi connectivity index (χ4v) is 4.12. The van der Waals surface area contributed by atoms with E-state index in [0.29, 0.717) is 5.92 Å². The topological polar surface area (TPSA) is 49.4 Å². The third-order valence-corrected chi connectivity index (χ3v) is 5.87. The molecule has 1 aliphatic heterocycles. The van der Waals surface area contributed by atoms with Gasteiger partial charge in [-0.05, 0) is 65.4 Å².